The molecule has 0 N–H and O–H groups in total. The summed E-state index contributed by atoms with van der Waals surface area (Å²) >= 11 is -0.167. The van der Waals surface area contributed by atoms with Gasteiger partial charge < -0.3 is 0 Å². The summed E-state index contributed by atoms with van der Waals surface area (Å²) < 4.78 is 2.77. The first-order chi connectivity index (χ1) is 9.27. The molecule has 0 rings (SSSR count). The standard InChI is InChI=1S/C13H27.C4H7O.Sn/c1-3-5-7-9-11-13-12-10-8-6-4-2;1-3-4(2)5;/h1,3-13H2,2H3;1,3H2,2H3;. The van der Waals surface area contributed by atoms with E-state index >= 15 is 0 Å². The van der Waals surface area contributed by atoms with Crippen LogP contribution in [0.15, 0.2) is 0 Å². The van der Waals surface area contributed by atoms with Crippen molar-refractivity contribution in [3.05, 3.63) is 0 Å². The molecule has 0 amide bonds. The summed E-state index contributed by atoms with van der Waals surface area (Å²) in [5.74, 6) is 0.389. The van der Waals surface area contributed by atoms with Crippen molar-refractivity contribution in [2.75, 3.05) is 0 Å². The molecule has 1 nitrogen and oxygen atoms in total. The van der Waals surface area contributed by atoms with E-state index in [1.54, 1.807) is 6.92 Å². The molecule has 0 aliphatic rings. The Hall–Kier alpha value is 0.469. The number of ketones is 1. The summed E-state index contributed by atoms with van der Waals surface area (Å²) in [5.41, 5.74) is 0. The van der Waals surface area contributed by atoms with E-state index in [9.17, 15) is 4.79 Å². The van der Waals surface area contributed by atoms with Crippen LogP contribution in [0.5, 0.6) is 0 Å². The summed E-state index contributed by atoms with van der Waals surface area (Å²) in [6.45, 7) is 4.01. The van der Waals surface area contributed by atoms with Crippen LogP contribution in [0.25, 0.3) is 0 Å². The summed E-state index contributed by atoms with van der Waals surface area (Å²) in [7, 11) is 0. The molecule has 0 aromatic heterocycles. The zero-order chi connectivity index (χ0) is 14.2. The molecule has 0 fully saturated rings. The van der Waals surface area contributed by atoms with Gasteiger partial charge >= 0.3 is 125 Å². The van der Waals surface area contributed by atoms with Gasteiger partial charge in [0.2, 0.25) is 0 Å². The van der Waals surface area contributed by atoms with Crippen molar-refractivity contribution >= 4 is 26.9 Å². The van der Waals surface area contributed by atoms with E-state index in [0.717, 1.165) is 6.42 Å². The number of hydrogen-bond donors (Lipinski definition) is 0. The van der Waals surface area contributed by atoms with Gasteiger partial charge in [0.05, 0.1) is 0 Å². The number of unbranched alkanes of at least 4 members (excludes halogenated alkanes) is 10. The number of hydrogen-bond acceptors (Lipinski definition) is 1. The number of carbonyl (C=O) groups is 1. The zero-order valence-corrected chi connectivity index (χ0v) is 16.2. The van der Waals surface area contributed by atoms with Crippen molar-refractivity contribution in [1.29, 1.82) is 0 Å². The van der Waals surface area contributed by atoms with E-state index in [4.69, 9.17) is 0 Å². The molecular formula is C17H34OSn. The van der Waals surface area contributed by atoms with E-state index in [2.05, 4.69) is 6.92 Å². The molecule has 0 aromatic carbocycles. The minimum atomic E-state index is -0.167. The van der Waals surface area contributed by atoms with E-state index in [1.165, 1.54) is 79.5 Å². The van der Waals surface area contributed by atoms with E-state index in [-0.39, 0.29) is 21.1 Å². The zero-order valence-electron chi connectivity index (χ0n) is 13.3. The monoisotopic (exact) mass is 374 g/mol. The summed E-state index contributed by atoms with van der Waals surface area (Å²) in [6.07, 6.45) is 16.7. The van der Waals surface area contributed by atoms with Gasteiger partial charge in [-0.1, -0.05) is 6.92 Å². The van der Waals surface area contributed by atoms with Gasteiger partial charge in [-0.3, -0.25) is 0 Å². The topological polar surface area (TPSA) is 17.1 Å². The molecule has 0 saturated heterocycles. The molecular weight excluding hydrogens is 339 g/mol. The van der Waals surface area contributed by atoms with Gasteiger partial charge in [-0.25, -0.2) is 0 Å². The molecule has 0 unspecified atom stereocenters. The van der Waals surface area contributed by atoms with Crippen molar-refractivity contribution < 1.29 is 4.79 Å². The quantitative estimate of drug-likeness (QED) is 0.261. The average molecular weight is 373 g/mol. The first-order valence-electron chi connectivity index (χ1n) is 8.47. The van der Waals surface area contributed by atoms with Crippen LogP contribution in [-0.2, 0) is 4.79 Å². The molecule has 0 heterocycles. The molecule has 0 atom stereocenters. The average Bonchev–Trinajstić information content (AvgIpc) is 2.39. The molecule has 0 aliphatic carbocycles. The maximum absolute atomic E-state index is 10.8. The third-order valence-corrected chi connectivity index (χ3v) is 7.35. The molecule has 2 radical (unpaired) electrons. The van der Waals surface area contributed by atoms with Crippen LogP contribution in [0.2, 0.25) is 8.87 Å². The fourth-order valence-corrected chi connectivity index (χ4v) is 5.95. The number of rotatable bonds is 15. The molecule has 0 bridgehead atoms. The summed E-state index contributed by atoms with van der Waals surface area (Å²) in [5, 5.41) is 0. The molecule has 0 saturated carbocycles. The van der Waals surface area contributed by atoms with Crippen molar-refractivity contribution in [2.45, 2.75) is 99.8 Å². The number of Topliss-reactive ketones (excluding diaryl/α,β-unsaturated/α-hetero) is 1. The van der Waals surface area contributed by atoms with Crippen LogP contribution in [-0.4, -0.2) is 26.9 Å². The molecule has 19 heavy (non-hydrogen) atoms. The van der Waals surface area contributed by atoms with Gasteiger partial charge in [-0.05, 0) is 0 Å². The Morgan fingerprint density at radius 3 is 1.68 bits per heavy atom. The van der Waals surface area contributed by atoms with Gasteiger partial charge in [0.15, 0.2) is 0 Å². The van der Waals surface area contributed by atoms with Crippen LogP contribution >= 0.6 is 0 Å². The first kappa shape index (κ1) is 19.5. The first-order valence-corrected chi connectivity index (χ1v) is 12.5. The normalized spacial score (nSPS) is 10.8. The van der Waals surface area contributed by atoms with Gasteiger partial charge in [0.25, 0.3) is 0 Å². The van der Waals surface area contributed by atoms with E-state index in [1.807, 2.05) is 0 Å². The Morgan fingerprint density at radius 1 is 0.737 bits per heavy atom. The predicted octanol–water partition coefficient (Wildman–Crippen LogP) is 5.82. The van der Waals surface area contributed by atoms with Crippen LogP contribution < -0.4 is 0 Å². The second kappa shape index (κ2) is 16.5. The van der Waals surface area contributed by atoms with Crippen LogP contribution in [0.3, 0.4) is 0 Å². The third-order valence-electron chi connectivity index (χ3n) is 3.61. The van der Waals surface area contributed by atoms with Gasteiger partial charge in [-0.2, -0.15) is 0 Å². The van der Waals surface area contributed by atoms with E-state index < -0.39 is 0 Å². The fourth-order valence-electron chi connectivity index (χ4n) is 2.30. The van der Waals surface area contributed by atoms with Crippen molar-refractivity contribution in [2.24, 2.45) is 0 Å². The Labute approximate surface area is 131 Å². The van der Waals surface area contributed by atoms with Crippen molar-refractivity contribution in [1.82, 2.24) is 0 Å². The molecule has 112 valence electrons. The summed E-state index contributed by atoms with van der Waals surface area (Å²) in [6, 6.07) is 0. The Balaban J connectivity index is 2.93. The second-order valence-electron chi connectivity index (χ2n) is 5.74. The molecule has 0 aromatic rings. The molecule has 0 spiro atoms. The Kier molecular flexibility index (Phi) is 16.9. The molecule has 0 aliphatic heterocycles. The van der Waals surface area contributed by atoms with Gasteiger partial charge in [-0.15, -0.1) is 0 Å². The van der Waals surface area contributed by atoms with Crippen LogP contribution in [0.4, 0.5) is 0 Å². The Bertz CT molecular complexity index is 192. The van der Waals surface area contributed by atoms with Gasteiger partial charge in [0, 0.05) is 0 Å². The maximum atomic E-state index is 10.8. The van der Waals surface area contributed by atoms with Gasteiger partial charge in [0.1, 0.15) is 0 Å². The van der Waals surface area contributed by atoms with Crippen LogP contribution in [0.1, 0.15) is 90.9 Å². The predicted molar refractivity (Wildman–Crippen MR) is 87.1 cm³/mol. The van der Waals surface area contributed by atoms with Crippen molar-refractivity contribution in [3.8, 4) is 0 Å². The number of carbonyl (C=O) groups excluding carboxylic acids is 1. The van der Waals surface area contributed by atoms with Crippen LogP contribution in [0, 0.1) is 0 Å². The second-order valence-corrected chi connectivity index (χ2v) is 10.0. The Morgan fingerprint density at radius 2 is 1.21 bits per heavy atom. The third kappa shape index (κ3) is 18.5. The fraction of sp³-hybridized carbons (Fsp3) is 0.941. The summed E-state index contributed by atoms with van der Waals surface area (Å²) in [4.78, 5) is 10.8. The molecule has 2 heteroatoms. The minimum absolute atomic E-state index is 0.167. The van der Waals surface area contributed by atoms with Crippen molar-refractivity contribution in [3.63, 3.8) is 0 Å². The SMILES string of the molecule is CCCCCCCCCCCC[CH2][Sn][CH2]CC(C)=O. The van der Waals surface area contributed by atoms with E-state index in [0.29, 0.717) is 5.78 Å².